The number of benzene rings is 1. The molecular formula is C14H19ClN2O2. The monoisotopic (exact) mass is 282 g/mol. The average molecular weight is 283 g/mol. The summed E-state index contributed by atoms with van der Waals surface area (Å²) in [6.45, 7) is 4.84. The second-order valence-electron chi connectivity index (χ2n) is 4.63. The molecule has 5 heteroatoms. The number of hydrogen-bond acceptors (Lipinski definition) is 3. The van der Waals surface area contributed by atoms with E-state index in [1.165, 1.54) is 0 Å². The van der Waals surface area contributed by atoms with Crippen LogP contribution in [0.1, 0.15) is 6.92 Å². The first-order valence-electron chi connectivity index (χ1n) is 6.43. The molecule has 1 aromatic carbocycles. The molecular weight excluding hydrogens is 264 g/mol. The summed E-state index contributed by atoms with van der Waals surface area (Å²) in [7, 11) is 1.66. The molecule has 2 rings (SSSR count). The van der Waals surface area contributed by atoms with E-state index in [0.717, 1.165) is 37.6 Å². The minimum absolute atomic E-state index is 0.0241. The number of anilines is 1. The number of amides is 1. The minimum Gasteiger partial charge on any atom is -0.497 e. The normalized spacial score (nSPS) is 17.2. The van der Waals surface area contributed by atoms with Gasteiger partial charge in [0.15, 0.2) is 0 Å². The van der Waals surface area contributed by atoms with E-state index in [1.54, 1.807) is 14.0 Å². The lowest BCUT2D eigenvalue weighted by Crippen LogP contribution is -2.50. The van der Waals surface area contributed by atoms with Gasteiger partial charge < -0.3 is 14.5 Å². The average Bonchev–Trinajstić information content (AvgIpc) is 2.46. The predicted octanol–water partition coefficient (Wildman–Crippen LogP) is 1.97. The highest BCUT2D eigenvalue weighted by Crippen LogP contribution is 2.20. The molecule has 1 aromatic rings. The Morgan fingerprint density at radius 1 is 1.21 bits per heavy atom. The van der Waals surface area contributed by atoms with Crippen LogP contribution in [-0.2, 0) is 4.79 Å². The van der Waals surface area contributed by atoms with Gasteiger partial charge in [-0.15, -0.1) is 11.6 Å². The fourth-order valence-electron chi connectivity index (χ4n) is 2.23. The third kappa shape index (κ3) is 3.32. The third-order valence-electron chi connectivity index (χ3n) is 3.37. The number of rotatable bonds is 3. The summed E-state index contributed by atoms with van der Waals surface area (Å²) in [4.78, 5) is 15.9. The van der Waals surface area contributed by atoms with Crippen molar-refractivity contribution in [1.29, 1.82) is 0 Å². The Morgan fingerprint density at radius 2 is 1.79 bits per heavy atom. The highest BCUT2D eigenvalue weighted by molar-refractivity contribution is 6.30. The highest BCUT2D eigenvalue weighted by Gasteiger charge is 2.23. The van der Waals surface area contributed by atoms with E-state index in [2.05, 4.69) is 4.90 Å². The zero-order valence-corrected chi connectivity index (χ0v) is 12.1. The predicted molar refractivity (Wildman–Crippen MR) is 77.1 cm³/mol. The van der Waals surface area contributed by atoms with Crippen LogP contribution in [0.15, 0.2) is 24.3 Å². The largest absolute Gasteiger partial charge is 0.497 e. The van der Waals surface area contributed by atoms with Gasteiger partial charge in [0.2, 0.25) is 5.91 Å². The zero-order chi connectivity index (χ0) is 13.8. The van der Waals surface area contributed by atoms with Gasteiger partial charge in [0, 0.05) is 31.9 Å². The van der Waals surface area contributed by atoms with Crippen molar-refractivity contribution in [3.05, 3.63) is 24.3 Å². The molecule has 0 radical (unpaired) electrons. The van der Waals surface area contributed by atoms with Gasteiger partial charge in [-0.05, 0) is 31.2 Å². The Balaban J connectivity index is 1.94. The lowest BCUT2D eigenvalue weighted by molar-refractivity contribution is -0.130. The molecule has 0 bridgehead atoms. The number of hydrogen-bond donors (Lipinski definition) is 0. The summed E-state index contributed by atoms with van der Waals surface area (Å²) >= 11 is 5.83. The van der Waals surface area contributed by atoms with Crippen LogP contribution in [-0.4, -0.2) is 49.5 Å². The summed E-state index contributed by atoms with van der Waals surface area (Å²) in [5.74, 6) is 0.879. The first-order valence-corrected chi connectivity index (χ1v) is 6.87. The van der Waals surface area contributed by atoms with Gasteiger partial charge in [0.1, 0.15) is 11.1 Å². The van der Waals surface area contributed by atoms with Gasteiger partial charge in [-0.3, -0.25) is 4.79 Å². The molecule has 0 N–H and O–H groups in total. The summed E-state index contributed by atoms with van der Waals surface area (Å²) in [5, 5.41) is -0.437. The lowest BCUT2D eigenvalue weighted by atomic mass is 10.2. The Hall–Kier alpha value is -1.42. The molecule has 0 aromatic heterocycles. The van der Waals surface area contributed by atoms with Gasteiger partial charge >= 0.3 is 0 Å². The maximum absolute atomic E-state index is 11.8. The van der Waals surface area contributed by atoms with Crippen molar-refractivity contribution in [1.82, 2.24) is 4.90 Å². The molecule has 104 valence electrons. The van der Waals surface area contributed by atoms with Crippen LogP contribution in [0.5, 0.6) is 5.75 Å². The van der Waals surface area contributed by atoms with Crippen molar-refractivity contribution in [3.63, 3.8) is 0 Å². The SMILES string of the molecule is COc1ccc(N2CCN(C(=O)[C@H](C)Cl)CC2)cc1. The van der Waals surface area contributed by atoms with Gasteiger partial charge in [0.25, 0.3) is 0 Å². The van der Waals surface area contributed by atoms with E-state index in [0.29, 0.717) is 0 Å². The Morgan fingerprint density at radius 3 is 2.26 bits per heavy atom. The maximum Gasteiger partial charge on any atom is 0.240 e. The minimum atomic E-state index is -0.437. The van der Waals surface area contributed by atoms with Crippen LogP contribution in [0, 0.1) is 0 Å². The molecule has 0 saturated carbocycles. The second-order valence-corrected chi connectivity index (χ2v) is 5.28. The van der Waals surface area contributed by atoms with Gasteiger partial charge in [-0.25, -0.2) is 0 Å². The number of carbonyl (C=O) groups is 1. The topological polar surface area (TPSA) is 32.8 Å². The van der Waals surface area contributed by atoms with E-state index >= 15 is 0 Å². The van der Waals surface area contributed by atoms with Crippen LogP contribution in [0.2, 0.25) is 0 Å². The third-order valence-corrected chi connectivity index (χ3v) is 3.56. The number of ether oxygens (including phenoxy) is 1. The van der Waals surface area contributed by atoms with Crippen molar-refractivity contribution in [2.45, 2.75) is 12.3 Å². The first kappa shape index (κ1) is 14.0. The molecule has 1 aliphatic heterocycles. The van der Waals surface area contributed by atoms with Gasteiger partial charge in [0.05, 0.1) is 7.11 Å². The van der Waals surface area contributed by atoms with Crippen LogP contribution in [0.25, 0.3) is 0 Å². The Kier molecular flexibility index (Phi) is 4.53. The van der Waals surface area contributed by atoms with Crippen molar-refractivity contribution < 1.29 is 9.53 Å². The van der Waals surface area contributed by atoms with Crippen LogP contribution >= 0.6 is 11.6 Å². The number of alkyl halides is 1. The number of nitrogens with zero attached hydrogens (tertiary/aromatic N) is 2. The summed E-state index contributed by atoms with van der Waals surface area (Å²) in [6.07, 6.45) is 0. The first-order chi connectivity index (χ1) is 9.11. The van der Waals surface area contributed by atoms with Gasteiger partial charge in [-0.1, -0.05) is 0 Å². The van der Waals surface area contributed by atoms with Crippen LogP contribution in [0.3, 0.4) is 0 Å². The van der Waals surface area contributed by atoms with E-state index in [9.17, 15) is 4.79 Å². The molecule has 1 aliphatic rings. The molecule has 1 saturated heterocycles. The number of methoxy groups -OCH3 is 1. The molecule has 0 aliphatic carbocycles. The Bertz CT molecular complexity index is 426. The molecule has 0 unspecified atom stereocenters. The Labute approximate surface area is 118 Å². The van der Waals surface area contributed by atoms with Crippen molar-refractivity contribution in [3.8, 4) is 5.75 Å². The molecule has 1 atom stereocenters. The quantitative estimate of drug-likeness (QED) is 0.795. The summed E-state index contributed by atoms with van der Waals surface area (Å²) in [6, 6.07) is 7.99. The van der Waals surface area contributed by atoms with E-state index in [-0.39, 0.29) is 5.91 Å². The van der Waals surface area contributed by atoms with Crippen molar-refractivity contribution in [2.75, 3.05) is 38.2 Å². The molecule has 1 fully saturated rings. The summed E-state index contributed by atoms with van der Waals surface area (Å²) < 4.78 is 5.15. The fourth-order valence-corrected chi connectivity index (χ4v) is 2.37. The van der Waals surface area contributed by atoms with E-state index in [1.807, 2.05) is 29.2 Å². The van der Waals surface area contributed by atoms with Crippen molar-refractivity contribution in [2.24, 2.45) is 0 Å². The zero-order valence-electron chi connectivity index (χ0n) is 11.3. The smallest absolute Gasteiger partial charge is 0.240 e. The molecule has 19 heavy (non-hydrogen) atoms. The molecule has 1 amide bonds. The number of halogens is 1. The van der Waals surface area contributed by atoms with E-state index in [4.69, 9.17) is 16.3 Å². The van der Waals surface area contributed by atoms with E-state index < -0.39 is 5.38 Å². The van der Waals surface area contributed by atoms with Crippen LogP contribution in [0.4, 0.5) is 5.69 Å². The molecule has 0 spiro atoms. The maximum atomic E-state index is 11.8. The highest BCUT2D eigenvalue weighted by atomic mass is 35.5. The number of piperazine rings is 1. The molecule has 1 heterocycles. The standard InChI is InChI=1S/C14H19ClN2O2/c1-11(15)14(18)17-9-7-16(8-10-17)12-3-5-13(19-2)6-4-12/h3-6,11H,7-10H2,1-2H3/t11-/m0/s1. The second kappa shape index (κ2) is 6.15. The lowest BCUT2D eigenvalue weighted by Gasteiger charge is -2.36. The van der Waals surface area contributed by atoms with Crippen LogP contribution < -0.4 is 9.64 Å². The number of carbonyl (C=O) groups excluding carboxylic acids is 1. The van der Waals surface area contributed by atoms with Gasteiger partial charge in [-0.2, -0.15) is 0 Å². The fraction of sp³-hybridized carbons (Fsp3) is 0.500. The van der Waals surface area contributed by atoms with Crippen molar-refractivity contribution >= 4 is 23.2 Å². The molecule has 4 nitrogen and oxygen atoms in total. The summed E-state index contributed by atoms with van der Waals surface area (Å²) in [5.41, 5.74) is 1.16.